The predicted molar refractivity (Wildman–Crippen MR) is 125 cm³/mol. The molecule has 172 valence electrons. The Balaban J connectivity index is 1.25. The molecule has 1 aliphatic carbocycles. The van der Waals surface area contributed by atoms with Gasteiger partial charge in [0.2, 0.25) is 0 Å². The molecule has 0 saturated carbocycles. The van der Waals surface area contributed by atoms with Gasteiger partial charge in [-0.15, -0.1) is 0 Å². The SMILES string of the molecule is O=C(NCCN1C(=O)S/C(=C\c2cccnc2)C1=O)c1nn(-c2ccc(F)cc2)c2c1CCC2. The molecule has 3 aromatic rings. The molecular weight excluding hydrogens is 457 g/mol. The van der Waals surface area contributed by atoms with E-state index in [4.69, 9.17) is 0 Å². The Bertz CT molecular complexity index is 1300. The van der Waals surface area contributed by atoms with Crippen LogP contribution in [0.3, 0.4) is 0 Å². The number of imide groups is 1. The van der Waals surface area contributed by atoms with E-state index in [1.807, 2.05) is 0 Å². The molecule has 0 radical (unpaired) electrons. The zero-order chi connectivity index (χ0) is 23.7. The monoisotopic (exact) mass is 477 g/mol. The van der Waals surface area contributed by atoms with E-state index in [0.717, 1.165) is 52.7 Å². The van der Waals surface area contributed by atoms with Crippen molar-refractivity contribution in [1.82, 2.24) is 25.0 Å². The van der Waals surface area contributed by atoms with Crippen molar-refractivity contribution in [3.05, 3.63) is 82.0 Å². The van der Waals surface area contributed by atoms with E-state index in [1.165, 1.54) is 12.1 Å². The first-order valence-corrected chi connectivity index (χ1v) is 11.6. The van der Waals surface area contributed by atoms with E-state index in [0.29, 0.717) is 16.3 Å². The maximum atomic E-state index is 13.3. The van der Waals surface area contributed by atoms with Gasteiger partial charge in [0.15, 0.2) is 5.69 Å². The summed E-state index contributed by atoms with van der Waals surface area (Å²) in [6, 6.07) is 9.52. The smallest absolute Gasteiger partial charge is 0.293 e. The minimum Gasteiger partial charge on any atom is -0.349 e. The predicted octanol–water partition coefficient (Wildman–Crippen LogP) is 3.36. The van der Waals surface area contributed by atoms with Crippen LogP contribution >= 0.6 is 11.8 Å². The van der Waals surface area contributed by atoms with Crippen LogP contribution in [-0.2, 0) is 17.6 Å². The van der Waals surface area contributed by atoms with E-state index < -0.39 is 5.91 Å². The fourth-order valence-corrected chi connectivity index (χ4v) is 4.95. The van der Waals surface area contributed by atoms with Crippen LogP contribution in [0.25, 0.3) is 11.8 Å². The van der Waals surface area contributed by atoms with Crippen molar-refractivity contribution in [2.75, 3.05) is 13.1 Å². The summed E-state index contributed by atoms with van der Waals surface area (Å²) in [5.41, 5.74) is 3.57. The van der Waals surface area contributed by atoms with Gasteiger partial charge in [0, 0.05) is 36.7 Å². The fraction of sp³-hybridized carbons (Fsp3) is 0.208. The molecule has 2 aromatic heterocycles. The Morgan fingerprint density at radius 3 is 2.76 bits per heavy atom. The molecule has 8 nitrogen and oxygen atoms in total. The molecule has 1 saturated heterocycles. The molecule has 1 aliphatic heterocycles. The van der Waals surface area contributed by atoms with Gasteiger partial charge >= 0.3 is 0 Å². The molecule has 5 rings (SSSR count). The van der Waals surface area contributed by atoms with Gasteiger partial charge in [-0.1, -0.05) is 6.07 Å². The van der Waals surface area contributed by atoms with Gasteiger partial charge in [-0.2, -0.15) is 5.10 Å². The zero-order valence-electron chi connectivity index (χ0n) is 18.0. The van der Waals surface area contributed by atoms with Gasteiger partial charge in [-0.25, -0.2) is 9.07 Å². The first kappa shape index (κ1) is 22.0. The van der Waals surface area contributed by atoms with Crippen LogP contribution in [0.2, 0.25) is 0 Å². The first-order chi connectivity index (χ1) is 16.5. The van der Waals surface area contributed by atoms with Gasteiger partial charge in [0.05, 0.1) is 10.6 Å². The average molecular weight is 478 g/mol. The Labute approximate surface area is 198 Å². The van der Waals surface area contributed by atoms with Crippen LogP contribution < -0.4 is 5.32 Å². The Morgan fingerprint density at radius 2 is 2.00 bits per heavy atom. The number of carbonyl (C=O) groups excluding carboxylic acids is 3. The number of amides is 3. The average Bonchev–Trinajstić information content (AvgIpc) is 3.51. The van der Waals surface area contributed by atoms with Crippen molar-refractivity contribution in [2.24, 2.45) is 0 Å². The number of halogens is 1. The standard InChI is InChI=1S/C24H20FN5O3S/c25-16-6-8-17(9-7-16)30-19-5-1-4-18(19)21(28-30)22(31)27-11-12-29-23(32)20(34-24(29)33)13-15-3-2-10-26-14-15/h2-3,6-10,13-14H,1,4-5,11-12H2,(H,27,31)/b20-13-. The summed E-state index contributed by atoms with van der Waals surface area (Å²) in [6.45, 7) is 0.164. The zero-order valence-corrected chi connectivity index (χ0v) is 18.8. The summed E-state index contributed by atoms with van der Waals surface area (Å²) in [5, 5.41) is 6.88. The lowest BCUT2D eigenvalue weighted by Crippen LogP contribution is -2.37. The van der Waals surface area contributed by atoms with Gasteiger partial charge in [-0.3, -0.25) is 24.3 Å². The van der Waals surface area contributed by atoms with Crippen LogP contribution in [-0.4, -0.2) is 49.8 Å². The summed E-state index contributed by atoms with van der Waals surface area (Å²) < 4.78 is 15.0. The minimum atomic E-state index is -0.394. The molecule has 2 aliphatic rings. The second kappa shape index (κ2) is 9.22. The second-order valence-corrected chi connectivity index (χ2v) is 8.88. The molecule has 0 unspecified atom stereocenters. The maximum Gasteiger partial charge on any atom is 0.293 e. The van der Waals surface area contributed by atoms with Gasteiger partial charge in [0.25, 0.3) is 17.1 Å². The molecule has 3 amide bonds. The number of aromatic nitrogens is 3. The van der Waals surface area contributed by atoms with Crippen molar-refractivity contribution >= 4 is 34.9 Å². The van der Waals surface area contributed by atoms with E-state index >= 15 is 0 Å². The Hall–Kier alpha value is -3.79. The lowest BCUT2D eigenvalue weighted by atomic mass is 10.2. The summed E-state index contributed by atoms with van der Waals surface area (Å²) >= 11 is 0.866. The highest BCUT2D eigenvalue weighted by atomic mass is 32.2. The second-order valence-electron chi connectivity index (χ2n) is 7.89. The molecule has 0 bridgehead atoms. The number of fused-ring (bicyclic) bond motifs is 1. The van der Waals surface area contributed by atoms with E-state index in [2.05, 4.69) is 15.4 Å². The maximum absolute atomic E-state index is 13.3. The summed E-state index contributed by atoms with van der Waals surface area (Å²) in [7, 11) is 0. The molecule has 0 spiro atoms. The Morgan fingerprint density at radius 1 is 1.18 bits per heavy atom. The van der Waals surface area contributed by atoms with Crippen molar-refractivity contribution < 1.29 is 18.8 Å². The van der Waals surface area contributed by atoms with Crippen LogP contribution in [0.1, 0.15) is 33.7 Å². The molecule has 34 heavy (non-hydrogen) atoms. The molecule has 10 heteroatoms. The van der Waals surface area contributed by atoms with Crippen molar-refractivity contribution in [3.8, 4) is 5.69 Å². The molecule has 0 atom stereocenters. The van der Waals surface area contributed by atoms with Gasteiger partial charge < -0.3 is 5.32 Å². The topological polar surface area (TPSA) is 97.2 Å². The number of benzene rings is 1. The number of thioether (sulfide) groups is 1. The Kier molecular flexibility index (Phi) is 5.97. The third-order valence-corrected chi connectivity index (χ3v) is 6.60. The largest absolute Gasteiger partial charge is 0.349 e. The van der Waals surface area contributed by atoms with E-state index in [1.54, 1.807) is 47.4 Å². The third kappa shape index (κ3) is 4.24. The lowest BCUT2D eigenvalue weighted by molar-refractivity contribution is -0.122. The number of nitrogens with zero attached hydrogens (tertiary/aromatic N) is 4. The van der Waals surface area contributed by atoms with E-state index in [-0.39, 0.29) is 30.1 Å². The van der Waals surface area contributed by atoms with Crippen molar-refractivity contribution in [1.29, 1.82) is 0 Å². The molecule has 1 N–H and O–H groups in total. The normalized spacial score (nSPS) is 16.4. The van der Waals surface area contributed by atoms with Crippen LogP contribution in [0.5, 0.6) is 0 Å². The quantitative estimate of drug-likeness (QED) is 0.547. The highest BCUT2D eigenvalue weighted by molar-refractivity contribution is 8.18. The summed E-state index contributed by atoms with van der Waals surface area (Å²) in [5.74, 6) is -1.10. The lowest BCUT2D eigenvalue weighted by Gasteiger charge is -2.12. The van der Waals surface area contributed by atoms with Crippen LogP contribution in [0, 0.1) is 5.82 Å². The summed E-state index contributed by atoms with van der Waals surface area (Å²) in [4.78, 5) is 43.3. The van der Waals surface area contributed by atoms with Crippen molar-refractivity contribution in [2.45, 2.75) is 19.3 Å². The van der Waals surface area contributed by atoms with Gasteiger partial charge in [-0.05, 0) is 73.0 Å². The molecule has 1 aromatic carbocycles. The van der Waals surface area contributed by atoms with E-state index in [9.17, 15) is 18.8 Å². The highest BCUT2D eigenvalue weighted by Gasteiger charge is 2.35. The van der Waals surface area contributed by atoms with Crippen LogP contribution in [0.15, 0.2) is 53.7 Å². The molecular formula is C24H20FN5O3S. The number of hydrogen-bond donors (Lipinski definition) is 1. The number of nitrogens with one attached hydrogen (secondary N) is 1. The van der Waals surface area contributed by atoms with Gasteiger partial charge in [0.1, 0.15) is 5.82 Å². The number of carbonyl (C=O) groups is 3. The molecule has 1 fully saturated rings. The molecule has 3 heterocycles. The summed E-state index contributed by atoms with van der Waals surface area (Å²) in [6.07, 6.45) is 7.30. The number of rotatable bonds is 6. The fourth-order valence-electron chi connectivity index (χ4n) is 4.09. The van der Waals surface area contributed by atoms with Crippen molar-refractivity contribution in [3.63, 3.8) is 0 Å². The number of pyridine rings is 1. The van der Waals surface area contributed by atoms with Crippen LogP contribution in [0.4, 0.5) is 9.18 Å². The number of hydrogen-bond acceptors (Lipinski definition) is 6. The third-order valence-electron chi connectivity index (χ3n) is 5.69. The minimum absolute atomic E-state index is 0.0572. The first-order valence-electron chi connectivity index (χ1n) is 10.8. The highest BCUT2D eigenvalue weighted by Crippen LogP contribution is 2.32.